The minimum absolute atomic E-state index is 0.00369. The third-order valence-corrected chi connectivity index (χ3v) is 8.43. The van der Waals surface area contributed by atoms with Gasteiger partial charge in [-0.2, -0.15) is 0 Å². The number of fused-ring (bicyclic) bond motifs is 1. The summed E-state index contributed by atoms with van der Waals surface area (Å²) in [5.41, 5.74) is 1.23. The second kappa shape index (κ2) is 7.65. The van der Waals surface area contributed by atoms with Crippen LogP contribution in [0.5, 0.6) is 0 Å². The number of sulfonamides is 1. The molecule has 1 aromatic carbocycles. The molecule has 1 fully saturated rings. The summed E-state index contributed by atoms with van der Waals surface area (Å²) in [6.45, 7) is 2.52. The second-order valence-electron chi connectivity index (χ2n) is 6.68. The monoisotopic (exact) mass is 446 g/mol. The van der Waals surface area contributed by atoms with Crippen LogP contribution in [0.15, 0.2) is 28.3 Å². The molecule has 0 radical (unpaired) electrons. The molecule has 0 spiro atoms. The number of sulfone groups is 1. The lowest BCUT2D eigenvalue weighted by molar-refractivity contribution is -0.128. The Morgan fingerprint density at radius 2 is 2.14 bits per heavy atom. The van der Waals surface area contributed by atoms with Gasteiger partial charge in [-0.05, 0) is 31.5 Å². The summed E-state index contributed by atoms with van der Waals surface area (Å²) in [5, 5.41) is 5.76. The fourth-order valence-corrected chi connectivity index (χ4v) is 6.50. The highest BCUT2D eigenvalue weighted by molar-refractivity contribution is 7.99. The predicted molar refractivity (Wildman–Crippen MR) is 107 cm³/mol. The number of imidazole rings is 1. The van der Waals surface area contributed by atoms with Gasteiger partial charge in [0.05, 0.1) is 33.2 Å². The van der Waals surface area contributed by atoms with Gasteiger partial charge in [0.25, 0.3) is 0 Å². The Morgan fingerprint density at radius 1 is 1.43 bits per heavy atom. The molecule has 1 aliphatic heterocycles. The fourth-order valence-electron chi connectivity index (χ4n) is 3.19. The average Bonchev–Trinajstić information content (AvgIpc) is 3.16. The number of carbonyl (C=O) groups is 1. The number of amides is 1. The standard InChI is InChI=1S/C16H22N4O5S3/c1-3-20-14-5-4-12(28(17,24)25)8-13(14)18-16(20)26-9-15(21)19(2)11-6-7-27(22,23)10-11/h4-5,8,11H,3,6-7,9-10H2,1-2H3,(H2,17,24,25). The molecule has 0 aliphatic carbocycles. The molecule has 154 valence electrons. The molecule has 1 atom stereocenters. The number of aryl methyl sites for hydroxylation is 1. The lowest BCUT2D eigenvalue weighted by atomic mass is 10.2. The maximum Gasteiger partial charge on any atom is 0.238 e. The van der Waals surface area contributed by atoms with Crippen LogP contribution < -0.4 is 5.14 Å². The number of hydrogen-bond acceptors (Lipinski definition) is 7. The first-order valence-corrected chi connectivity index (χ1v) is 13.0. The Hall–Kier alpha value is -1.63. The Labute approximate surface area is 168 Å². The predicted octanol–water partition coefficient (Wildman–Crippen LogP) is 0.441. The molecule has 1 aliphatic rings. The van der Waals surface area contributed by atoms with E-state index in [1.54, 1.807) is 13.1 Å². The van der Waals surface area contributed by atoms with Crippen molar-refractivity contribution in [2.75, 3.05) is 24.3 Å². The van der Waals surface area contributed by atoms with Crippen molar-refractivity contribution in [1.82, 2.24) is 14.5 Å². The number of rotatable bonds is 6. The van der Waals surface area contributed by atoms with Crippen LogP contribution in [0.2, 0.25) is 0 Å². The average molecular weight is 447 g/mol. The molecule has 3 rings (SSSR count). The molecule has 2 N–H and O–H groups in total. The smallest absolute Gasteiger partial charge is 0.238 e. The Balaban J connectivity index is 1.77. The number of primary sulfonamides is 1. The van der Waals surface area contributed by atoms with E-state index < -0.39 is 19.9 Å². The molecular weight excluding hydrogens is 424 g/mol. The van der Waals surface area contributed by atoms with Crippen molar-refractivity contribution in [3.8, 4) is 0 Å². The van der Waals surface area contributed by atoms with Crippen LogP contribution in [0.1, 0.15) is 13.3 Å². The molecule has 28 heavy (non-hydrogen) atoms. The van der Waals surface area contributed by atoms with Crippen LogP contribution in [-0.4, -0.2) is 67.5 Å². The van der Waals surface area contributed by atoms with E-state index in [-0.39, 0.29) is 34.1 Å². The summed E-state index contributed by atoms with van der Waals surface area (Å²) in [6, 6.07) is 4.20. The van der Waals surface area contributed by atoms with Gasteiger partial charge in [0.15, 0.2) is 15.0 Å². The number of thioether (sulfide) groups is 1. The zero-order chi connectivity index (χ0) is 20.7. The number of benzene rings is 1. The highest BCUT2D eigenvalue weighted by Crippen LogP contribution is 2.26. The van der Waals surface area contributed by atoms with Gasteiger partial charge in [-0.1, -0.05) is 11.8 Å². The fraction of sp³-hybridized carbons (Fsp3) is 0.500. The summed E-state index contributed by atoms with van der Waals surface area (Å²) in [7, 11) is -5.27. The SMILES string of the molecule is CCn1c(SCC(=O)N(C)C2CCS(=O)(=O)C2)nc2cc(S(N)(=O)=O)ccc21. The first kappa shape index (κ1) is 21.1. The third-order valence-electron chi connectivity index (χ3n) is 4.80. The van der Waals surface area contributed by atoms with Crippen LogP contribution in [0.3, 0.4) is 0 Å². The van der Waals surface area contributed by atoms with E-state index in [0.29, 0.717) is 23.6 Å². The van der Waals surface area contributed by atoms with Gasteiger partial charge in [0, 0.05) is 19.6 Å². The topological polar surface area (TPSA) is 132 Å². The van der Waals surface area contributed by atoms with Gasteiger partial charge in [-0.3, -0.25) is 4.79 Å². The van der Waals surface area contributed by atoms with Crippen LogP contribution in [0.25, 0.3) is 11.0 Å². The van der Waals surface area contributed by atoms with Gasteiger partial charge in [-0.25, -0.2) is 27.0 Å². The molecule has 2 heterocycles. The van der Waals surface area contributed by atoms with E-state index in [4.69, 9.17) is 5.14 Å². The molecule has 0 bridgehead atoms. The minimum atomic E-state index is -3.83. The van der Waals surface area contributed by atoms with Crippen molar-refractivity contribution in [2.45, 2.75) is 36.0 Å². The number of aromatic nitrogens is 2. The zero-order valence-corrected chi connectivity index (χ0v) is 18.0. The quantitative estimate of drug-likeness (QED) is 0.637. The minimum Gasteiger partial charge on any atom is -0.341 e. The van der Waals surface area contributed by atoms with E-state index in [2.05, 4.69) is 4.98 Å². The molecule has 1 aromatic heterocycles. The van der Waals surface area contributed by atoms with E-state index in [9.17, 15) is 21.6 Å². The zero-order valence-electron chi connectivity index (χ0n) is 15.5. The summed E-state index contributed by atoms with van der Waals surface area (Å²) in [6.07, 6.45) is 0.457. The summed E-state index contributed by atoms with van der Waals surface area (Å²) < 4.78 is 48.2. The van der Waals surface area contributed by atoms with E-state index in [1.807, 2.05) is 11.5 Å². The normalized spacial score (nSPS) is 19.2. The molecule has 1 saturated heterocycles. The molecule has 2 aromatic rings. The van der Waals surface area contributed by atoms with Gasteiger partial charge in [-0.15, -0.1) is 0 Å². The lowest BCUT2D eigenvalue weighted by Crippen LogP contribution is -2.38. The molecule has 1 amide bonds. The summed E-state index contributed by atoms with van der Waals surface area (Å²) >= 11 is 1.24. The Bertz CT molecular complexity index is 1120. The van der Waals surface area contributed by atoms with Crippen LogP contribution in [-0.2, 0) is 31.2 Å². The number of nitrogens with two attached hydrogens (primary N) is 1. The van der Waals surface area contributed by atoms with E-state index >= 15 is 0 Å². The van der Waals surface area contributed by atoms with Crippen LogP contribution in [0, 0.1) is 0 Å². The highest BCUT2D eigenvalue weighted by atomic mass is 32.2. The van der Waals surface area contributed by atoms with Crippen molar-refractivity contribution in [3.63, 3.8) is 0 Å². The van der Waals surface area contributed by atoms with Crippen molar-refractivity contribution in [2.24, 2.45) is 5.14 Å². The highest BCUT2D eigenvalue weighted by Gasteiger charge is 2.32. The third kappa shape index (κ3) is 4.34. The lowest BCUT2D eigenvalue weighted by Gasteiger charge is -2.23. The first-order valence-electron chi connectivity index (χ1n) is 8.64. The van der Waals surface area contributed by atoms with Gasteiger partial charge >= 0.3 is 0 Å². The van der Waals surface area contributed by atoms with Crippen molar-refractivity contribution in [3.05, 3.63) is 18.2 Å². The molecule has 12 heteroatoms. The summed E-state index contributed by atoms with van der Waals surface area (Å²) in [5.74, 6) is 0.0507. The largest absolute Gasteiger partial charge is 0.341 e. The van der Waals surface area contributed by atoms with Gasteiger partial charge in [0.2, 0.25) is 15.9 Å². The number of hydrogen-bond donors (Lipinski definition) is 1. The van der Waals surface area contributed by atoms with Crippen molar-refractivity contribution >= 4 is 48.6 Å². The number of nitrogens with zero attached hydrogens (tertiary/aromatic N) is 3. The molecule has 1 unspecified atom stereocenters. The Kier molecular flexibility index (Phi) is 5.76. The maximum absolute atomic E-state index is 12.5. The van der Waals surface area contributed by atoms with Gasteiger partial charge < -0.3 is 9.47 Å². The molecule has 0 saturated carbocycles. The summed E-state index contributed by atoms with van der Waals surface area (Å²) in [4.78, 5) is 18.4. The van der Waals surface area contributed by atoms with Gasteiger partial charge in [0.1, 0.15) is 0 Å². The van der Waals surface area contributed by atoms with E-state index in [0.717, 1.165) is 5.52 Å². The van der Waals surface area contributed by atoms with Crippen molar-refractivity contribution in [1.29, 1.82) is 0 Å². The molecular formula is C16H22N4O5S3. The maximum atomic E-state index is 12.5. The van der Waals surface area contributed by atoms with Crippen LogP contribution >= 0.6 is 11.8 Å². The van der Waals surface area contributed by atoms with Crippen molar-refractivity contribution < 1.29 is 21.6 Å². The molecule has 9 nitrogen and oxygen atoms in total. The second-order valence-corrected chi connectivity index (χ2v) is 11.4. The Morgan fingerprint density at radius 3 is 2.71 bits per heavy atom. The van der Waals surface area contributed by atoms with E-state index in [1.165, 1.54) is 28.8 Å². The van der Waals surface area contributed by atoms with Crippen LogP contribution in [0.4, 0.5) is 0 Å². The number of carbonyl (C=O) groups excluding carboxylic acids is 1. The first-order chi connectivity index (χ1) is 13.0.